The van der Waals surface area contributed by atoms with Gasteiger partial charge in [-0.1, -0.05) is 39.0 Å². The van der Waals surface area contributed by atoms with Gasteiger partial charge in [0.2, 0.25) is 5.95 Å². The molecule has 112 valence electrons. The number of imidazole rings is 1. The molecule has 0 aliphatic heterocycles. The highest BCUT2D eigenvalue weighted by molar-refractivity contribution is 5.32. The fourth-order valence-corrected chi connectivity index (χ4v) is 4.14. The molecule has 2 saturated carbocycles. The predicted octanol–water partition coefficient (Wildman–Crippen LogP) is 4.69. The lowest BCUT2D eigenvalue weighted by Crippen LogP contribution is -2.33. The zero-order valence-corrected chi connectivity index (χ0v) is 13.1. The minimum Gasteiger partial charge on any atom is -0.353 e. The van der Waals surface area contributed by atoms with Crippen LogP contribution in [-0.4, -0.2) is 15.6 Å². The van der Waals surface area contributed by atoms with Crippen LogP contribution in [-0.2, 0) is 0 Å². The van der Waals surface area contributed by atoms with Crippen molar-refractivity contribution in [2.45, 2.75) is 83.7 Å². The predicted molar refractivity (Wildman–Crippen MR) is 84.1 cm³/mol. The Morgan fingerprint density at radius 3 is 2.60 bits per heavy atom. The van der Waals surface area contributed by atoms with Crippen LogP contribution >= 0.6 is 0 Å². The molecule has 1 heterocycles. The summed E-state index contributed by atoms with van der Waals surface area (Å²) >= 11 is 0. The van der Waals surface area contributed by atoms with Crippen molar-refractivity contribution in [1.29, 1.82) is 0 Å². The van der Waals surface area contributed by atoms with E-state index in [4.69, 9.17) is 4.98 Å². The maximum atomic E-state index is 4.77. The van der Waals surface area contributed by atoms with Gasteiger partial charge >= 0.3 is 0 Å². The van der Waals surface area contributed by atoms with Gasteiger partial charge in [0.25, 0.3) is 0 Å². The standard InChI is InChI=1S/C17H29N3/c1-3-14-8-4-7-11-16(14)19-17-18-13(2)12-20(17)15-9-5-6-10-15/h12,14-16H,3-11H2,1-2H3,(H,18,19). The summed E-state index contributed by atoms with van der Waals surface area (Å²) in [5, 5.41) is 3.80. The van der Waals surface area contributed by atoms with E-state index in [0.29, 0.717) is 12.1 Å². The van der Waals surface area contributed by atoms with E-state index in [2.05, 4.69) is 29.9 Å². The van der Waals surface area contributed by atoms with Gasteiger partial charge in [0.1, 0.15) is 0 Å². The normalized spacial score (nSPS) is 27.9. The highest BCUT2D eigenvalue weighted by Gasteiger charge is 2.26. The topological polar surface area (TPSA) is 29.9 Å². The molecule has 2 aliphatic rings. The number of aromatic nitrogens is 2. The van der Waals surface area contributed by atoms with E-state index in [0.717, 1.165) is 17.6 Å². The van der Waals surface area contributed by atoms with Gasteiger partial charge in [0, 0.05) is 18.3 Å². The third kappa shape index (κ3) is 2.87. The van der Waals surface area contributed by atoms with Crippen molar-refractivity contribution in [3.63, 3.8) is 0 Å². The number of anilines is 1. The first-order valence-electron chi connectivity index (χ1n) is 8.60. The molecule has 2 atom stereocenters. The molecule has 20 heavy (non-hydrogen) atoms. The Balaban J connectivity index is 1.75. The Morgan fingerprint density at radius 1 is 1.15 bits per heavy atom. The lowest BCUT2D eigenvalue weighted by Gasteiger charge is -2.32. The van der Waals surface area contributed by atoms with Crippen molar-refractivity contribution in [3.05, 3.63) is 11.9 Å². The van der Waals surface area contributed by atoms with Gasteiger partial charge in [0.15, 0.2) is 0 Å². The second-order valence-electron chi connectivity index (χ2n) is 6.76. The maximum absolute atomic E-state index is 4.77. The Bertz CT molecular complexity index is 431. The van der Waals surface area contributed by atoms with Crippen LogP contribution in [0.3, 0.4) is 0 Å². The van der Waals surface area contributed by atoms with Crippen molar-refractivity contribution in [3.8, 4) is 0 Å². The second-order valence-corrected chi connectivity index (χ2v) is 6.76. The quantitative estimate of drug-likeness (QED) is 0.864. The molecule has 2 aliphatic carbocycles. The summed E-state index contributed by atoms with van der Waals surface area (Å²) in [6.07, 6.45) is 14.4. The average molecular weight is 275 g/mol. The first kappa shape index (κ1) is 14.0. The molecule has 3 heteroatoms. The third-order valence-electron chi connectivity index (χ3n) is 5.32. The van der Waals surface area contributed by atoms with Crippen molar-refractivity contribution in [2.24, 2.45) is 5.92 Å². The Hall–Kier alpha value is -0.990. The molecule has 2 unspecified atom stereocenters. The number of rotatable bonds is 4. The van der Waals surface area contributed by atoms with Gasteiger partial charge in [-0.2, -0.15) is 0 Å². The van der Waals surface area contributed by atoms with E-state index >= 15 is 0 Å². The molecule has 0 amide bonds. The highest BCUT2D eigenvalue weighted by atomic mass is 15.2. The minimum absolute atomic E-state index is 0.635. The van der Waals surface area contributed by atoms with Crippen LogP contribution in [0.2, 0.25) is 0 Å². The van der Waals surface area contributed by atoms with Gasteiger partial charge in [0.05, 0.1) is 5.69 Å². The lowest BCUT2D eigenvalue weighted by atomic mass is 9.83. The second kappa shape index (κ2) is 6.19. The summed E-state index contributed by atoms with van der Waals surface area (Å²) in [6, 6.07) is 1.32. The van der Waals surface area contributed by atoms with Crippen LogP contribution in [0, 0.1) is 12.8 Å². The largest absolute Gasteiger partial charge is 0.353 e. The fraction of sp³-hybridized carbons (Fsp3) is 0.824. The molecule has 2 fully saturated rings. The lowest BCUT2D eigenvalue weighted by molar-refractivity contribution is 0.315. The van der Waals surface area contributed by atoms with Crippen molar-refractivity contribution in [1.82, 2.24) is 9.55 Å². The van der Waals surface area contributed by atoms with Crippen LogP contribution in [0.25, 0.3) is 0 Å². The number of nitrogens with one attached hydrogen (secondary N) is 1. The first-order valence-corrected chi connectivity index (χ1v) is 8.60. The molecule has 1 aromatic heterocycles. The van der Waals surface area contributed by atoms with Crippen molar-refractivity contribution < 1.29 is 0 Å². The molecule has 0 aromatic carbocycles. The van der Waals surface area contributed by atoms with Crippen molar-refractivity contribution >= 4 is 5.95 Å². The van der Waals surface area contributed by atoms with E-state index in [1.807, 2.05) is 0 Å². The SMILES string of the molecule is CCC1CCCCC1Nc1nc(C)cn1C1CCCC1. The van der Waals surface area contributed by atoms with Crippen LogP contribution < -0.4 is 5.32 Å². The molecule has 3 nitrogen and oxygen atoms in total. The monoisotopic (exact) mass is 275 g/mol. The molecular weight excluding hydrogens is 246 g/mol. The molecule has 0 bridgehead atoms. The van der Waals surface area contributed by atoms with E-state index in [1.54, 1.807) is 0 Å². The number of hydrogen-bond donors (Lipinski definition) is 1. The van der Waals surface area contributed by atoms with E-state index in [-0.39, 0.29) is 0 Å². The van der Waals surface area contributed by atoms with Crippen molar-refractivity contribution in [2.75, 3.05) is 5.32 Å². The molecular formula is C17H29N3. The Morgan fingerprint density at radius 2 is 1.85 bits per heavy atom. The zero-order valence-electron chi connectivity index (χ0n) is 13.1. The molecule has 1 N–H and O–H groups in total. The van der Waals surface area contributed by atoms with Gasteiger partial charge in [-0.15, -0.1) is 0 Å². The van der Waals surface area contributed by atoms with Crippen LogP contribution in [0.4, 0.5) is 5.95 Å². The number of nitrogens with zero attached hydrogens (tertiary/aromatic N) is 2. The van der Waals surface area contributed by atoms with Gasteiger partial charge < -0.3 is 9.88 Å². The molecule has 0 radical (unpaired) electrons. The summed E-state index contributed by atoms with van der Waals surface area (Å²) in [5.41, 5.74) is 1.16. The highest BCUT2D eigenvalue weighted by Crippen LogP contribution is 2.34. The maximum Gasteiger partial charge on any atom is 0.203 e. The van der Waals surface area contributed by atoms with E-state index in [1.165, 1.54) is 57.8 Å². The number of aryl methyl sites for hydroxylation is 1. The average Bonchev–Trinajstić information content (AvgIpc) is 3.09. The van der Waals surface area contributed by atoms with Gasteiger partial charge in [-0.05, 0) is 38.5 Å². The third-order valence-corrected chi connectivity index (χ3v) is 5.32. The number of hydrogen-bond acceptors (Lipinski definition) is 2. The molecule has 0 spiro atoms. The van der Waals surface area contributed by atoms with Crippen LogP contribution in [0.5, 0.6) is 0 Å². The minimum atomic E-state index is 0.635. The molecule has 1 aromatic rings. The smallest absolute Gasteiger partial charge is 0.203 e. The van der Waals surface area contributed by atoms with E-state index < -0.39 is 0 Å². The van der Waals surface area contributed by atoms with Gasteiger partial charge in [-0.3, -0.25) is 0 Å². The summed E-state index contributed by atoms with van der Waals surface area (Å²) in [5.74, 6) is 1.97. The summed E-state index contributed by atoms with van der Waals surface area (Å²) in [6.45, 7) is 4.45. The molecule has 3 rings (SSSR count). The summed E-state index contributed by atoms with van der Waals surface area (Å²) in [7, 11) is 0. The van der Waals surface area contributed by atoms with Crippen LogP contribution in [0.15, 0.2) is 6.20 Å². The Labute approximate surface area is 123 Å². The van der Waals surface area contributed by atoms with E-state index in [9.17, 15) is 0 Å². The van der Waals surface area contributed by atoms with Crippen LogP contribution in [0.1, 0.15) is 76.4 Å². The summed E-state index contributed by atoms with van der Waals surface area (Å²) in [4.78, 5) is 4.77. The zero-order chi connectivity index (χ0) is 13.9. The first-order chi connectivity index (χ1) is 9.78. The fourth-order valence-electron chi connectivity index (χ4n) is 4.14. The Kier molecular flexibility index (Phi) is 4.32. The summed E-state index contributed by atoms with van der Waals surface area (Å²) < 4.78 is 2.43. The van der Waals surface area contributed by atoms with Gasteiger partial charge in [-0.25, -0.2) is 4.98 Å². The molecule has 0 saturated heterocycles.